The molecule has 0 N–H and O–H groups in total. The number of rotatable bonds is 2. The summed E-state index contributed by atoms with van der Waals surface area (Å²) in [6.07, 6.45) is 7.13. The van der Waals surface area contributed by atoms with Gasteiger partial charge >= 0.3 is 0 Å². The molecule has 1 unspecified atom stereocenters. The van der Waals surface area contributed by atoms with Gasteiger partial charge in [0.1, 0.15) is 0 Å². The molecular weight excluding hydrogens is 320 g/mol. The van der Waals surface area contributed by atoms with E-state index in [1.54, 1.807) is 11.3 Å². The summed E-state index contributed by atoms with van der Waals surface area (Å²) in [6.45, 7) is 5.65. The van der Waals surface area contributed by atoms with Crippen molar-refractivity contribution in [3.8, 4) is 0 Å². The van der Waals surface area contributed by atoms with Crippen LogP contribution in [0.25, 0.3) is 0 Å². The maximum Gasteiger partial charge on any atom is 0.254 e. The maximum atomic E-state index is 12.7. The summed E-state index contributed by atoms with van der Waals surface area (Å²) in [5, 5.41) is 3.92. The van der Waals surface area contributed by atoms with E-state index in [9.17, 15) is 4.79 Å². The largest absolute Gasteiger partial charge is 0.340 e. The van der Waals surface area contributed by atoms with E-state index in [-0.39, 0.29) is 11.3 Å². The molecule has 4 rings (SSSR count). The van der Waals surface area contributed by atoms with Crippen LogP contribution >= 0.6 is 11.3 Å². The highest BCUT2D eigenvalue weighted by atomic mass is 32.1. The Morgan fingerprint density at radius 2 is 2.04 bits per heavy atom. The second-order valence-corrected chi connectivity index (χ2v) is 7.85. The molecule has 0 radical (unpaired) electrons. The van der Waals surface area contributed by atoms with E-state index in [0.717, 1.165) is 56.1 Å². The third-order valence-electron chi connectivity index (χ3n) is 5.21. The molecule has 0 aromatic carbocycles. The highest BCUT2D eigenvalue weighted by Gasteiger charge is 2.43. The number of carbonyl (C=O) groups excluding carboxylic acids is 1. The summed E-state index contributed by atoms with van der Waals surface area (Å²) in [7, 11) is 0. The topological polar surface area (TPSA) is 49.3 Å². The van der Waals surface area contributed by atoms with Gasteiger partial charge in [0.2, 0.25) is 5.95 Å². The van der Waals surface area contributed by atoms with Crippen LogP contribution in [0.15, 0.2) is 29.2 Å². The molecule has 2 aromatic rings. The van der Waals surface area contributed by atoms with Gasteiger partial charge in [0.15, 0.2) is 0 Å². The first-order valence-corrected chi connectivity index (χ1v) is 9.45. The van der Waals surface area contributed by atoms with Crippen LogP contribution in [-0.2, 0) is 0 Å². The SMILES string of the molecule is Cc1cnc(N2CCC3(CCCN(C(=O)c4ccsc4)C3)C2)nc1. The Balaban J connectivity index is 1.47. The zero-order chi connectivity index (χ0) is 16.6. The number of nitrogens with zero attached hydrogens (tertiary/aromatic N) is 4. The van der Waals surface area contributed by atoms with Crippen molar-refractivity contribution < 1.29 is 4.79 Å². The zero-order valence-electron chi connectivity index (χ0n) is 13.9. The Bertz CT molecular complexity index is 715. The minimum atomic E-state index is 0.181. The summed E-state index contributed by atoms with van der Waals surface area (Å²) >= 11 is 1.58. The minimum Gasteiger partial charge on any atom is -0.340 e. The lowest BCUT2D eigenvalue weighted by Gasteiger charge is -2.40. The van der Waals surface area contributed by atoms with Crippen molar-refractivity contribution >= 4 is 23.2 Å². The number of carbonyl (C=O) groups is 1. The fourth-order valence-corrected chi connectivity index (χ4v) is 4.57. The third kappa shape index (κ3) is 2.90. The Hall–Kier alpha value is -1.95. The number of aromatic nitrogens is 2. The Kier molecular flexibility index (Phi) is 4.00. The van der Waals surface area contributed by atoms with Crippen LogP contribution in [0, 0.1) is 12.3 Å². The molecule has 1 spiro atoms. The van der Waals surface area contributed by atoms with Crippen molar-refractivity contribution in [2.24, 2.45) is 5.41 Å². The van der Waals surface area contributed by atoms with E-state index >= 15 is 0 Å². The van der Waals surface area contributed by atoms with Crippen molar-refractivity contribution in [1.29, 1.82) is 0 Å². The molecule has 0 bridgehead atoms. The van der Waals surface area contributed by atoms with E-state index in [1.807, 2.05) is 41.0 Å². The first-order chi connectivity index (χ1) is 11.7. The fourth-order valence-electron chi connectivity index (χ4n) is 3.94. The molecular formula is C18H22N4OS. The van der Waals surface area contributed by atoms with Gasteiger partial charge in [0, 0.05) is 49.4 Å². The summed E-state index contributed by atoms with van der Waals surface area (Å²) < 4.78 is 0. The van der Waals surface area contributed by atoms with Gasteiger partial charge in [0.05, 0.1) is 5.56 Å². The molecule has 2 aromatic heterocycles. The monoisotopic (exact) mass is 342 g/mol. The maximum absolute atomic E-state index is 12.7. The van der Waals surface area contributed by atoms with Crippen LogP contribution in [0.2, 0.25) is 0 Å². The number of anilines is 1. The van der Waals surface area contributed by atoms with E-state index in [0.29, 0.717) is 0 Å². The number of aryl methyl sites for hydroxylation is 1. The Morgan fingerprint density at radius 3 is 2.79 bits per heavy atom. The average Bonchev–Trinajstić information content (AvgIpc) is 3.26. The average molecular weight is 342 g/mol. The van der Waals surface area contributed by atoms with E-state index in [1.165, 1.54) is 6.42 Å². The molecule has 2 aliphatic rings. The van der Waals surface area contributed by atoms with Gasteiger partial charge in [-0.1, -0.05) is 0 Å². The molecule has 5 nitrogen and oxygen atoms in total. The van der Waals surface area contributed by atoms with Crippen LogP contribution in [0.1, 0.15) is 35.2 Å². The summed E-state index contributed by atoms with van der Waals surface area (Å²) in [5.41, 5.74) is 2.10. The molecule has 24 heavy (non-hydrogen) atoms. The van der Waals surface area contributed by atoms with Crippen molar-refractivity contribution in [3.05, 3.63) is 40.3 Å². The lowest BCUT2D eigenvalue weighted by atomic mass is 9.79. The van der Waals surface area contributed by atoms with Crippen LogP contribution in [0.4, 0.5) is 5.95 Å². The summed E-state index contributed by atoms with van der Waals surface area (Å²) in [6, 6.07) is 1.93. The van der Waals surface area contributed by atoms with E-state index in [4.69, 9.17) is 0 Å². The number of hydrogen-bond donors (Lipinski definition) is 0. The number of amides is 1. The summed E-state index contributed by atoms with van der Waals surface area (Å²) in [5.74, 6) is 0.999. The molecule has 6 heteroatoms. The molecule has 1 atom stereocenters. The van der Waals surface area contributed by atoms with E-state index < -0.39 is 0 Å². The first-order valence-electron chi connectivity index (χ1n) is 8.50. The lowest BCUT2D eigenvalue weighted by molar-refractivity contribution is 0.0557. The first kappa shape index (κ1) is 15.6. The standard InChI is InChI=1S/C18H22N4OS/c1-14-9-19-17(20-10-14)22-7-5-18(13-22)4-2-6-21(12-18)16(23)15-3-8-24-11-15/h3,8-11H,2,4-7,12-13H2,1H3. The van der Waals surface area contributed by atoms with Gasteiger partial charge in [-0.2, -0.15) is 11.3 Å². The minimum absolute atomic E-state index is 0.181. The molecule has 2 saturated heterocycles. The molecule has 0 aliphatic carbocycles. The Morgan fingerprint density at radius 1 is 1.21 bits per heavy atom. The number of thiophene rings is 1. The predicted octanol–water partition coefficient (Wildman–Crippen LogP) is 2.98. The third-order valence-corrected chi connectivity index (χ3v) is 5.89. The molecule has 0 saturated carbocycles. The van der Waals surface area contributed by atoms with Gasteiger partial charge in [0.25, 0.3) is 5.91 Å². The van der Waals surface area contributed by atoms with Crippen molar-refractivity contribution in [2.75, 3.05) is 31.1 Å². The molecule has 2 fully saturated rings. The normalized spacial score (nSPS) is 23.9. The molecule has 126 valence electrons. The highest BCUT2D eigenvalue weighted by Crippen LogP contribution is 2.40. The predicted molar refractivity (Wildman–Crippen MR) is 95.5 cm³/mol. The van der Waals surface area contributed by atoms with Crippen LogP contribution in [-0.4, -0.2) is 47.0 Å². The van der Waals surface area contributed by atoms with Gasteiger partial charge in [-0.05, 0) is 43.2 Å². The van der Waals surface area contributed by atoms with Gasteiger partial charge < -0.3 is 9.80 Å². The smallest absolute Gasteiger partial charge is 0.254 e. The number of hydrogen-bond acceptors (Lipinski definition) is 5. The quantitative estimate of drug-likeness (QED) is 0.842. The zero-order valence-corrected chi connectivity index (χ0v) is 14.8. The van der Waals surface area contributed by atoms with Crippen LogP contribution < -0.4 is 4.90 Å². The molecule has 1 amide bonds. The Labute approximate surface area is 146 Å². The molecule has 4 heterocycles. The lowest BCUT2D eigenvalue weighted by Crippen LogP contribution is -2.47. The highest BCUT2D eigenvalue weighted by molar-refractivity contribution is 7.08. The van der Waals surface area contributed by atoms with Crippen LogP contribution in [0.5, 0.6) is 0 Å². The number of likely N-dealkylation sites (tertiary alicyclic amines) is 1. The van der Waals surface area contributed by atoms with Crippen molar-refractivity contribution in [2.45, 2.75) is 26.2 Å². The summed E-state index contributed by atoms with van der Waals surface area (Å²) in [4.78, 5) is 25.9. The van der Waals surface area contributed by atoms with Crippen molar-refractivity contribution in [1.82, 2.24) is 14.9 Å². The second-order valence-electron chi connectivity index (χ2n) is 7.07. The second kappa shape index (κ2) is 6.16. The van der Waals surface area contributed by atoms with Gasteiger partial charge in [-0.15, -0.1) is 0 Å². The fraction of sp³-hybridized carbons (Fsp3) is 0.500. The van der Waals surface area contributed by atoms with Crippen LogP contribution in [0.3, 0.4) is 0 Å². The van der Waals surface area contributed by atoms with E-state index in [2.05, 4.69) is 14.9 Å². The number of piperidine rings is 1. The molecule has 2 aliphatic heterocycles. The van der Waals surface area contributed by atoms with Crippen molar-refractivity contribution in [3.63, 3.8) is 0 Å². The van der Waals surface area contributed by atoms with Gasteiger partial charge in [-0.3, -0.25) is 4.79 Å². The van der Waals surface area contributed by atoms with Gasteiger partial charge in [-0.25, -0.2) is 9.97 Å².